The number of hydrogen-bond acceptors (Lipinski definition) is 5. The molecule has 170 valence electrons. The molecule has 0 saturated heterocycles. The fraction of sp³-hybridized carbons (Fsp3) is 0.391. The first-order valence-corrected chi connectivity index (χ1v) is 12.0. The Morgan fingerprint density at radius 2 is 1.69 bits per heavy atom. The van der Waals surface area contributed by atoms with Gasteiger partial charge in [-0.25, -0.2) is 17.5 Å². The van der Waals surface area contributed by atoms with E-state index in [0.717, 1.165) is 18.5 Å². The van der Waals surface area contributed by atoms with E-state index in [0.29, 0.717) is 36.4 Å². The highest BCUT2D eigenvalue weighted by molar-refractivity contribution is 7.89. The van der Waals surface area contributed by atoms with E-state index in [-0.39, 0.29) is 10.6 Å². The highest BCUT2D eigenvalue weighted by Gasteiger charge is 2.21. The van der Waals surface area contributed by atoms with Crippen LogP contribution in [0.3, 0.4) is 0 Å². The summed E-state index contributed by atoms with van der Waals surface area (Å²) in [5, 5.41) is 9.01. The van der Waals surface area contributed by atoms with Gasteiger partial charge in [-0.1, -0.05) is 19.1 Å². The Bertz CT molecular complexity index is 1300. The molecule has 0 aliphatic heterocycles. The number of aromatic nitrogens is 2. The molecule has 2 aromatic carbocycles. The van der Waals surface area contributed by atoms with Crippen molar-refractivity contribution in [2.75, 3.05) is 20.6 Å². The number of nitrogens with zero attached hydrogens (tertiary/aromatic N) is 5. The van der Waals surface area contributed by atoms with Crippen molar-refractivity contribution in [3.05, 3.63) is 64.1 Å². The summed E-state index contributed by atoms with van der Waals surface area (Å²) >= 11 is 0. The molecular weight excluding hydrogens is 426 g/mol. The van der Waals surface area contributed by atoms with Crippen LogP contribution in [0.25, 0.3) is 11.0 Å². The van der Waals surface area contributed by atoms with E-state index in [1.165, 1.54) is 18.4 Å². The van der Waals surface area contributed by atoms with E-state index < -0.39 is 10.0 Å². The van der Waals surface area contributed by atoms with Gasteiger partial charge in [0.15, 0.2) is 0 Å². The van der Waals surface area contributed by atoms with Gasteiger partial charge in [-0.15, -0.1) is 0 Å². The SMILES string of the molecule is CCCN(Cc1ccc(C#N)cc1)Cn1c(=O)n(CC)c2ccc(S(=O)(=O)N(C)C)cc21. The standard InChI is InChI=1S/C23H29N5O3S/c1-5-13-26(16-19-9-7-18(15-24)8-10-19)17-28-22-14-20(32(30,31)25(3)4)11-12-21(22)27(6-2)23(28)29/h7-12,14H,5-6,13,16-17H2,1-4H3. The van der Waals surface area contributed by atoms with Crippen molar-refractivity contribution < 1.29 is 8.42 Å². The number of rotatable bonds is 9. The van der Waals surface area contributed by atoms with Gasteiger partial charge >= 0.3 is 5.69 Å². The van der Waals surface area contributed by atoms with Crippen LogP contribution in [0.4, 0.5) is 0 Å². The summed E-state index contributed by atoms with van der Waals surface area (Å²) < 4.78 is 29.8. The molecule has 9 heteroatoms. The first-order valence-electron chi connectivity index (χ1n) is 10.6. The zero-order chi connectivity index (χ0) is 23.5. The minimum absolute atomic E-state index is 0.158. The Labute approximate surface area is 189 Å². The topological polar surface area (TPSA) is 91.3 Å². The Morgan fingerprint density at radius 1 is 1.00 bits per heavy atom. The largest absolute Gasteiger partial charge is 0.330 e. The molecule has 1 aromatic heterocycles. The lowest BCUT2D eigenvalue weighted by molar-refractivity contribution is 0.209. The van der Waals surface area contributed by atoms with Crippen molar-refractivity contribution in [1.29, 1.82) is 5.26 Å². The van der Waals surface area contributed by atoms with Crippen LogP contribution in [0.1, 0.15) is 31.4 Å². The van der Waals surface area contributed by atoms with Gasteiger partial charge < -0.3 is 0 Å². The van der Waals surface area contributed by atoms with Crippen molar-refractivity contribution in [3.63, 3.8) is 0 Å². The smallest absolute Gasteiger partial charge is 0.292 e. The van der Waals surface area contributed by atoms with Gasteiger partial charge in [0.05, 0.1) is 34.2 Å². The van der Waals surface area contributed by atoms with Crippen LogP contribution in [0.2, 0.25) is 0 Å². The highest BCUT2D eigenvalue weighted by atomic mass is 32.2. The maximum Gasteiger partial charge on any atom is 0.330 e. The van der Waals surface area contributed by atoms with Gasteiger partial charge in [-0.2, -0.15) is 5.26 Å². The van der Waals surface area contributed by atoms with E-state index >= 15 is 0 Å². The molecule has 0 bridgehead atoms. The third-order valence-electron chi connectivity index (χ3n) is 5.46. The normalized spacial score (nSPS) is 12.0. The third kappa shape index (κ3) is 4.63. The first-order chi connectivity index (χ1) is 15.2. The zero-order valence-corrected chi connectivity index (χ0v) is 19.8. The summed E-state index contributed by atoms with van der Waals surface area (Å²) in [6.45, 7) is 6.18. The van der Waals surface area contributed by atoms with E-state index in [4.69, 9.17) is 5.26 Å². The lowest BCUT2D eigenvalue weighted by Gasteiger charge is -2.22. The van der Waals surface area contributed by atoms with E-state index in [1.807, 2.05) is 19.1 Å². The molecule has 0 spiro atoms. The average molecular weight is 456 g/mol. The van der Waals surface area contributed by atoms with Gasteiger partial charge in [0.1, 0.15) is 0 Å². The molecule has 3 rings (SSSR count). The maximum atomic E-state index is 13.2. The van der Waals surface area contributed by atoms with Crippen LogP contribution in [0.15, 0.2) is 52.2 Å². The van der Waals surface area contributed by atoms with Crippen LogP contribution in [0.5, 0.6) is 0 Å². The summed E-state index contributed by atoms with van der Waals surface area (Å²) in [6, 6.07) is 14.4. The molecule has 0 radical (unpaired) electrons. The Balaban J connectivity index is 2.05. The molecule has 0 saturated carbocycles. The average Bonchev–Trinajstić information content (AvgIpc) is 3.04. The van der Waals surface area contributed by atoms with Crippen molar-refractivity contribution >= 4 is 21.1 Å². The van der Waals surface area contributed by atoms with Crippen molar-refractivity contribution in [1.82, 2.24) is 18.3 Å². The Kier molecular flexibility index (Phi) is 7.19. The van der Waals surface area contributed by atoms with Crippen molar-refractivity contribution in [2.24, 2.45) is 0 Å². The predicted molar refractivity (Wildman–Crippen MR) is 125 cm³/mol. The molecule has 0 aliphatic carbocycles. The number of sulfonamides is 1. The quantitative estimate of drug-likeness (QED) is 0.495. The van der Waals surface area contributed by atoms with Crippen LogP contribution in [0, 0.1) is 11.3 Å². The number of hydrogen-bond donors (Lipinski definition) is 0. The molecule has 0 aliphatic rings. The molecular formula is C23H29N5O3S. The molecule has 0 fully saturated rings. The summed E-state index contributed by atoms with van der Waals surface area (Å²) in [4.78, 5) is 15.5. The number of benzene rings is 2. The summed E-state index contributed by atoms with van der Waals surface area (Å²) in [5.41, 5.74) is 2.79. The first kappa shape index (κ1) is 23.7. The number of imidazole rings is 1. The molecule has 0 atom stereocenters. The fourth-order valence-electron chi connectivity index (χ4n) is 3.77. The second-order valence-electron chi connectivity index (χ2n) is 7.90. The molecule has 0 unspecified atom stereocenters. The number of aryl methyl sites for hydroxylation is 1. The van der Waals surface area contributed by atoms with Crippen molar-refractivity contribution in [3.8, 4) is 6.07 Å². The van der Waals surface area contributed by atoms with Crippen LogP contribution in [-0.2, 0) is 29.8 Å². The lowest BCUT2D eigenvalue weighted by atomic mass is 10.1. The molecule has 8 nitrogen and oxygen atoms in total. The molecule has 3 aromatic rings. The summed E-state index contributed by atoms with van der Waals surface area (Å²) in [5.74, 6) is 0. The van der Waals surface area contributed by atoms with Gasteiger partial charge in [0.2, 0.25) is 10.0 Å². The van der Waals surface area contributed by atoms with Gasteiger partial charge in [0, 0.05) is 27.2 Å². The maximum absolute atomic E-state index is 13.2. The molecule has 0 amide bonds. The number of nitriles is 1. The van der Waals surface area contributed by atoms with E-state index in [1.54, 1.807) is 39.5 Å². The summed E-state index contributed by atoms with van der Waals surface area (Å²) in [7, 11) is -0.640. The zero-order valence-electron chi connectivity index (χ0n) is 18.9. The fourth-order valence-corrected chi connectivity index (χ4v) is 4.69. The van der Waals surface area contributed by atoms with Crippen LogP contribution < -0.4 is 5.69 Å². The summed E-state index contributed by atoms with van der Waals surface area (Å²) in [6.07, 6.45) is 0.901. The van der Waals surface area contributed by atoms with E-state index in [2.05, 4.69) is 17.9 Å². The highest BCUT2D eigenvalue weighted by Crippen LogP contribution is 2.21. The Hall–Kier alpha value is -2.93. The minimum atomic E-state index is -3.62. The minimum Gasteiger partial charge on any atom is -0.292 e. The van der Waals surface area contributed by atoms with Gasteiger partial charge in [-0.3, -0.25) is 14.0 Å². The molecule has 32 heavy (non-hydrogen) atoms. The molecule has 0 N–H and O–H groups in total. The predicted octanol–water partition coefficient (Wildman–Crippen LogP) is 2.81. The second kappa shape index (κ2) is 9.69. The third-order valence-corrected chi connectivity index (χ3v) is 7.27. The lowest BCUT2D eigenvalue weighted by Crippen LogP contribution is -2.33. The van der Waals surface area contributed by atoms with Gasteiger partial charge in [-0.05, 0) is 55.8 Å². The van der Waals surface area contributed by atoms with Crippen molar-refractivity contribution in [2.45, 2.75) is 44.9 Å². The van der Waals surface area contributed by atoms with Gasteiger partial charge in [0.25, 0.3) is 0 Å². The molecule has 1 heterocycles. The van der Waals surface area contributed by atoms with Crippen LogP contribution in [-0.4, -0.2) is 47.4 Å². The second-order valence-corrected chi connectivity index (χ2v) is 10.0. The van der Waals surface area contributed by atoms with E-state index in [9.17, 15) is 13.2 Å². The number of fused-ring (bicyclic) bond motifs is 1. The monoisotopic (exact) mass is 455 g/mol. The van der Waals surface area contributed by atoms with Crippen LogP contribution >= 0.6 is 0 Å². The Morgan fingerprint density at radius 3 is 2.25 bits per heavy atom.